The van der Waals surface area contributed by atoms with Crippen LogP contribution < -0.4 is 0 Å². The number of benzene rings is 1. The van der Waals surface area contributed by atoms with E-state index in [0.717, 1.165) is 21.2 Å². The van der Waals surface area contributed by atoms with E-state index in [1.165, 1.54) is 5.41 Å². The summed E-state index contributed by atoms with van der Waals surface area (Å²) in [6.45, 7) is 1.82. The fourth-order valence-electron chi connectivity index (χ4n) is 1.65. The first-order chi connectivity index (χ1) is 6.49. The molecule has 0 unspecified atom stereocenters. The summed E-state index contributed by atoms with van der Waals surface area (Å²) in [5, 5.41) is 1.35. The maximum atomic E-state index is 11.5. The van der Waals surface area contributed by atoms with E-state index in [0.29, 0.717) is 0 Å². The molecule has 74 valence electrons. The Labute approximate surface area is 91.7 Å². The maximum absolute atomic E-state index is 11.5. The molecule has 0 fully saturated rings. The standard InChI is InChI=1S/C10H9BrO2S/c1-7-5-14(12,13)6-9-8(7)3-2-4-10(9)11/h2-5H,6H2,1H3. The van der Waals surface area contributed by atoms with Gasteiger partial charge in [-0.1, -0.05) is 28.1 Å². The highest BCUT2D eigenvalue weighted by molar-refractivity contribution is 9.10. The summed E-state index contributed by atoms with van der Waals surface area (Å²) in [5.41, 5.74) is 2.70. The second kappa shape index (κ2) is 3.21. The van der Waals surface area contributed by atoms with Gasteiger partial charge in [-0.05, 0) is 29.7 Å². The van der Waals surface area contributed by atoms with Crippen molar-refractivity contribution in [3.63, 3.8) is 0 Å². The molecule has 0 N–H and O–H groups in total. The van der Waals surface area contributed by atoms with Gasteiger partial charge in [-0.3, -0.25) is 0 Å². The van der Waals surface area contributed by atoms with Crippen LogP contribution in [0.1, 0.15) is 18.1 Å². The van der Waals surface area contributed by atoms with Crippen LogP contribution in [0.25, 0.3) is 5.57 Å². The molecule has 2 rings (SSSR count). The Morgan fingerprint density at radius 2 is 2.07 bits per heavy atom. The molecule has 4 heteroatoms. The minimum Gasteiger partial charge on any atom is -0.224 e. The van der Waals surface area contributed by atoms with Gasteiger partial charge in [0.2, 0.25) is 0 Å². The highest BCUT2D eigenvalue weighted by atomic mass is 79.9. The average Bonchev–Trinajstić information content (AvgIpc) is 2.05. The molecule has 0 spiro atoms. The van der Waals surface area contributed by atoms with Gasteiger partial charge in [0.05, 0.1) is 5.75 Å². The number of rotatable bonds is 0. The normalized spacial score (nSPS) is 18.6. The van der Waals surface area contributed by atoms with Crippen LogP contribution >= 0.6 is 15.9 Å². The summed E-state index contributed by atoms with van der Waals surface area (Å²) in [6.07, 6.45) is 0. The highest BCUT2D eigenvalue weighted by Crippen LogP contribution is 2.32. The third kappa shape index (κ3) is 1.64. The summed E-state index contributed by atoms with van der Waals surface area (Å²) in [4.78, 5) is 0. The fourth-order valence-corrected chi connectivity index (χ4v) is 3.80. The molecule has 0 aromatic heterocycles. The molecule has 1 aromatic rings. The van der Waals surface area contributed by atoms with Crippen LogP contribution in [-0.4, -0.2) is 8.42 Å². The Balaban J connectivity index is 2.74. The Morgan fingerprint density at radius 3 is 2.79 bits per heavy atom. The average molecular weight is 273 g/mol. The minimum atomic E-state index is -3.06. The number of halogens is 1. The number of fused-ring (bicyclic) bond motifs is 1. The summed E-state index contributed by atoms with van der Waals surface area (Å²) in [6, 6.07) is 5.73. The van der Waals surface area contributed by atoms with Gasteiger partial charge in [0.15, 0.2) is 9.84 Å². The fraction of sp³-hybridized carbons (Fsp3) is 0.200. The van der Waals surface area contributed by atoms with E-state index in [-0.39, 0.29) is 5.75 Å². The molecule has 0 aliphatic carbocycles. The van der Waals surface area contributed by atoms with E-state index < -0.39 is 9.84 Å². The third-order valence-corrected chi connectivity index (χ3v) is 4.39. The molecule has 0 radical (unpaired) electrons. The van der Waals surface area contributed by atoms with Crippen LogP contribution in [0.3, 0.4) is 0 Å². The molecule has 14 heavy (non-hydrogen) atoms. The molecule has 0 saturated heterocycles. The minimum absolute atomic E-state index is 0.0983. The monoisotopic (exact) mass is 272 g/mol. The zero-order chi connectivity index (χ0) is 10.3. The Hall–Kier alpha value is -0.610. The van der Waals surface area contributed by atoms with Crippen molar-refractivity contribution in [1.29, 1.82) is 0 Å². The summed E-state index contributed by atoms with van der Waals surface area (Å²) < 4.78 is 23.8. The van der Waals surface area contributed by atoms with Crippen molar-refractivity contribution >= 4 is 31.3 Å². The van der Waals surface area contributed by atoms with Crippen LogP contribution in [0.5, 0.6) is 0 Å². The van der Waals surface area contributed by atoms with Crippen LogP contribution in [-0.2, 0) is 15.6 Å². The van der Waals surface area contributed by atoms with Gasteiger partial charge in [0.25, 0.3) is 0 Å². The predicted octanol–water partition coefficient (Wildman–Crippen LogP) is 2.74. The van der Waals surface area contributed by atoms with E-state index in [2.05, 4.69) is 15.9 Å². The van der Waals surface area contributed by atoms with E-state index in [4.69, 9.17) is 0 Å². The lowest BCUT2D eigenvalue weighted by Crippen LogP contribution is -2.09. The molecule has 1 aromatic carbocycles. The number of sulfone groups is 1. The van der Waals surface area contributed by atoms with Crippen LogP contribution in [0.15, 0.2) is 28.1 Å². The molecule has 2 nitrogen and oxygen atoms in total. The van der Waals surface area contributed by atoms with Gasteiger partial charge in [-0.2, -0.15) is 0 Å². The van der Waals surface area contributed by atoms with Crippen LogP contribution in [0, 0.1) is 0 Å². The molecule has 0 saturated carbocycles. The predicted molar refractivity (Wildman–Crippen MR) is 60.4 cm³/mol. The first-order valence-electron chi connectivity index (χ1n) is 4.18. The van der Waals surface area contributed by atoms with Gasteiger partial charge in [0, 0.05) is 9.88 Å². The molecule has 0 amide bonds. The number of hydrogen-bond acceptors (Lipinski definition) is 2. The van der Waals surface area contributed by atoms with Gasteiger partial charge in [-0.25, -0.2) is 8.42 Å². The first-order valence-corrected chi connectivity index (χ1v) is 6.69. The number of hydrogen-bond donors (Lipinski definition) is 0. The molecule has 0 atom stereocenters. The van der Waals surface area contributed by atoms with E-state index in [1.54, 1.807) is 0 Å². The van der Waals surface area contributed by atoms with Crippen molar-refractivity contribution in [3.05, 3.63) is 39.2 Å². The van der Waals surface area contributed by atoms with Crippen molar-refractivity contribution < 1.29 is 8.42 Å². The van der Waals surface area contributed by atoms with Crippen molar-refractivity contribution in [2.75, 3.05) is 0 Å². The van der Waals surface area contributed by atoms with E-state index in [9.17, 15) is 8.42 Å². The van der Waals surface area contributed by atoms with Crippen molar-refractivity contribution in [1.82, 2.24) is 0 Å². The van der Waals surface area contributed by atoms with Gasteiger partial charge >= 0.3 is 0 Å². The molecule has 1 aliphatic heterocycles. The van der Waals surface area contributed by atoms with Crippen molar-refractivity contribution in [3.8, 4) is 0 Å². The SMILES string of the molecule is CC1=CS(=O)(=O)Cc2c(Br)cccc21. The number of allylic oxidation sites excluding steroid dienone is 1. The van der Waals surface area contributed by atoms with Gasteiger partial charge in [-0.15, -0.1) is 0 Å². The zero-order valence-corrected chi connectivity index (χ0v) is 10.0. The zero-order valence-electron chi connectivity index (χ0n) is 7.62. The van der Waals surface area contributed by atoms with Crippen molar-refractivity contribution in [2.24, 2.45) is 0 Å². The van der Waals surface area contributed by atoms with Gasteiger partial charge < -0.3 is 0 Å². The second-order valence-corrected chi connectivity index (χ2v) is 6.08. The third-order valence-electron chi connectivity index (χ3n) is 2.25. The Kier molecular flexibility index (Phi) is 2.27. The molecule has 1 heterocycles. The first kappa shape index (κ1) is 9.93. The molecular formula is C10H9BrO2S. The Bertz CT molecular complexity index is 515. The molecule has 1 aliphatic rings. The highest BCUT2D eigenvalue weighted by Gasteiger charge is 2.21. The molecular weight excluding hydrogens is 264 g/mol. The van der Waals surface area contributed by atoms with E-state index >= 15 is 0 Å². The van der Waals surface area contributed by atoms with Crippen LogP contribution in [0.2, 0.25) is 0 Å². The second-order valence-electron chi connectivity index (χ2n) is 3.37. The smallest absolute Gasteiger partial charge is 0.176 e. The van der Waals surface area contributed by atoms with Crippen molar-refractivity contribution in [2.45, 2.75) is 12.7 Å². The quantitative estimate of drug-likeness (QED) is 0.728. The maximum Gasteiger partial charge on any atom is 0.176 e. The largest absolute Gasteiger partial charge is 0.224 e. The summed E-state index contributed by atoms with van der Waals surface area (Å²) >= 11 is 3.37. The summed E-state index contributed by atoms with van der Waals surface area (Å²) in [7, 11) is -3.06. The van der Waals surface area contributed by atoms with Crippen LogP contribution in [0.4, 0.5) is 0 Å². The Morgan fingerprint density at radius 1 is 1.36 bits per heavy atom. The lowest BCUT2D eigenvalue weighted by atomic mass is 10.0. The van der Waals surface area contributed by atoms with E-state index in [1.807, 2.05) is 25.1 Å². The lowest BCUT2D eigenvalue weighted by molar-refractivity contribution is 0.603. The van der Waals surface area contributed by atoms with Gasteiger partial charge in [0.1, 0.15) is 0 Å². The summed E-state index contributed by atoms with van der Waals surface area (Å²) in [5.74, 6) is 0.0983. The molecule has 0 bridgehead atoms. The topological polar surface area (TPSA) is 34.1 Å². The lowest BCUT2D eigenvalue weighted by Gasteiger charge is -2.16.